The number of nitrogens with zero attached hydrogens (tertiary/aromatic N) is 2. The van der Waals surface area contributed by atoms with E-state index in [1.54, 1.807) is 12.1 Å². The van der Waals surface area contributed by atoms with Gasteiger partial charge in [-0.2, -0.15) is 5.10 Å². The van der Waals surface area contributed by atoms with Gasteiger partial charge in [0, 0.05) is 36.6 Å². The predicted molar refractivity (Wildman–Crippen MR) is 120 cm³/mol. The van der Waals surface area contributed by atoms with Crippen molar-refractivity contribution in [3.05, 3.63) is 72.3 Å². The zero-order valence-electron chi connectivity index (χ0n) is 17.0. The third-order valence-electron chi connectivity index (χ3n) is 4.98. The molecule has 0 saturated carbocycles. The normalized spacial score (nSPS) is 10.7. The molecule has 5 N–H and O–H groups in total. The predicted octanol–water partition coefficient (Wildman–Crippen LogP) is 4.13. The third-order valence-corrected chi connectivity index (χ3v) is 4.98. The Labute approximate surface area is 178 Å². The van der Waals surface area contributed by atoms with Crippen LogP contribution in [0.4, 0.5) is 15.8 Å². The van der Waals surface area contributed by atoms with E-state index < -0.39 is 5.91 Å². The lowest BCUT2D eigenvalue weighted by Gasteiger charge is -2.14. The van der Waals surface area contributed by atoms with Gasteiger partial charge in [-0.25, -0.2) is 9.37 Å². The standard InChI is InChI=1S/C23H21FN6O/c1-26-15-9-14(10-16(12-15)27-2)17-5-3-4-6-18(17)19-11-13(7-8-20(19)24)22-28-23(21(25)31)30-29-22/h3-12,26-27H,1-2H3,(H2,25,31)(H,28,29,30). The van der Waals surface area contributed by atoms with Crippen molar-refractivity contribution in [2.24, 2.45) is 5.73 Å². The Bertz CT molecular complexity index is 1240. The summed E-state index contributed by atoms with van der Waals surface area (Å²) in [6, 6.07) is 18.2. The van der Waals surface area contributed by atoms with Crippen LogP contribution < -0.4 is 16.4 Å². The molecule has 0 aliphatic rings. The van der Waals surface area contributed by atoms with E-state index in [0.717, 1.165) is 28.1 Å². The van der Waals surface area contributed by atoms with Gasteiger partial charge in [0.05, 0.1) is 0 Å². The second-order valence-corrected chi connectivity index (χ2v) is 6.91. The molecule has 31 heavy (non-hydrogen) atoms. The highest BCUT2D eigenvalue weighted by Crippen LogP contribution is 2.37. The minimum absolute atomic E-state index is 0.0512. The lowest BCUT2D eigenvalue weighted by molar-refractivity contribution is 0.0991. The summed E-state index contributed by atoms with van der Waals surface area (Å²) in [5, 5.41) is 12.8. The molecule has 1 aromatic heterocycles. The summed E-state index contributed by atoms with van der Waals surface area (Å²) in [4.78, 5) is 15.4. The van der Waals surface area contributed by atoms with Crippen LogP contribution >= 0.6 is 0 Å². The molecule has 1 amide bonds. The summed E-state index contributed by atoms with van der Waals surface area (Å²) >= 11 is 0. The largest absolute Gasteiger partial charge is 0.388 e. The molecule has 0 fully saturated rings. The molecule has 0 aliphatic carbocycles. The molecule has 8 heteroatoms. The first-order valence-electron chi connectivity index (χ1n) is 9.62. The van der Waals surface area contributed by atoms with Gasteiger partial charge in [0.1, 0.15) is 5.82 Å². The van der Waals surface area contributed by atoms with Crippen LogP contribution in [0.5, 0.6) is 0 Å². The molecule has 1 heterocycles. The average Bonchev–Trinajstić information content (AvgIpc) is 3.30. The van der Waals surface area contributed by atoms with E-state index in [4.69, 9.17) is 5.73 Å². The second-order valence-electron chi connectivity index (χ2n) is 6.91. The number of aromatic amines is 1. The molecule has 0 saturated heterocycles. The van der Waals surface area contributed by atoms with Crippen LogP contribution in [0.1, 0.15) is 10.6 Å². The fourth-order valence-electron chi connectivity index (χ4n) is 3.41. The molecule has 0 atom stereocenters. The smallest absolute Gasteiger partial charge is 0.286 e. The van der Waals surface area contributed by atoms with Crippen LogP contribution in [-0.2, 0) is 0 Å². The van der Waals surface area contributed by atoms with Gasteiger partial charge in [0.15, 0.2) is 5.82 Å². The van der Waals surface area contributed by atoms with Crippen LogP contribution in [-0.4, -0.2) is 35.2 Å². The number of rotatable bonds is 6. The number of aromatic nitrogens is 3. The SMILES string of the molecule is CNc1cc(NC)cc(-c2ccccc2-c2cc(-c3n[nH]c(C(N)=O)n3)ccc2F)c1. The van der Waals surface area contributed by atoms with Gasteiger partial charge in [-0.05, 0) is 53.1 Å². The fraction of sp³-hybridized carbons (Fsp3) is 0.0870. The van der Waals surface area contributed by atoms with Crippen LogP contribution in [0.2, 0.25) is 0 Å². The molecule has 7 nitrogen and oxygen atoms in total. The van der Waals surface area contributed by atoms with Crippen LogP contribution in [0.25, 0.3) is 33.6 Å². The maximum absolute atomic E-state index is 14.9. The topological polar surface area (TPSA) is 109 Å². The highest BCUT2D eigenvalue weighted by Gasteiger charge is 2.16. The monoisotopic (exact) mass is 416 g/mol. The highest BCUT2D eigenvalue weighted by atomic mass is 19.1. The number of carbonyl (C=O) groups excluding carboxylic acids is 1. The summed E-state index contributed by atoms with van der Waals surface area (Å²) in [6.07, 6.45) is 0. The molecule has 156 valence electrons. The number of carbonyl (C=O) groups is 1. The number of primary amides is 1. The molecule has 0 spiro atoms. The molecule has 0 unspecified atom stereocenters. The van der Waals surface area contributed by atoms with E-state index in [-0.39, 0.29) is 17.5 Å². The Hall–Kier alpha value is -4.20. The van der Waals surface area contributed by atoms with Crippen LogP contribution in [0.15, 0.2) is 60.7 Å². The maximum atomic E-state index is 14.9. The first kappa shape index (κ1) is 20.1. The van der Waals surface area contributed by atoms with E-state index in [0.29, 0.717) is 11.1 Å². The number of nitrogens with two attached hydrogens (primary N) is 1. The maximum Gasteiger partial charge on any atom is 0.286 e. The van der Waals surface area contributed by atoms with Crippen molar-refractivity contribution in [1.82, 2.24) is 15.2 Å². The summed E-state index contributed by atoms with van der Waals surface area (Å²) < 4.78 is 14.9. The van der Waals surface area contributed by atoms with Gasteiger partial charge in [-0.15, -0.1) is 0 Å². The Morgan fingerprint density at radius 2 is 1.58 bits per heavy atom. The highest BCUT2D eigenvalue weighted by molar-refractivity contribution is 5.90. The summed E-state index contributed by atoms with van der Waals surface area (Å²) in [7, 11) is 3.70. The van der Waals surface area contributed by atoms with Gasteiger partial charge in [-0.3, -0.25) is 9.89 Å². The van der Waals surface area contributed by atoms with Gasteiger partial charge in [0.2, 0.25) is 5.82 Å². The Morgan fingerprint density at radius 1 is 0.903 bits per heavy atom. The fourth-order valence-corrected chi connectivity index (χ4v) is 3.41. The molecule has 0 aliphatic heterocycles. The Morgan fingerprint density at radius 3 is 2.19 bits per heavy atom. The first-order chi connectivity index (χ1) is 15.0. The van der Waals surface area contributed by atoms with E-state index in [9.17, 15) is 9.18 Å². The van der Waals surface area contributed by atoms with Crippen molar-refractivity contribution < 1.29 is 9.18 Å². The number of anilines is 2. The van der Waals surface area contributed by atoms with Gasteiger partial charge in [-0.1, -0.05) is 24.3 Å². The number of hydrogen-bond donors (Lipinski definition) is 4. The van der Waals surface area contributed by atoms with E-state index in [2.05, 4.69) is 25.8 Å². The molecule has 3 aromatic carbocycles. The van der Waals surface area contributed by atoms with Crippen molar-refractivity contribution >= 4 is 17.3 Å². The van der Waals surface area contributed by atoms with Gasteiger partial charge < -0.3 is 16.4 Å². The number of benzene rings is 3. The van der Waals surface area contributed by atoms with E-state index in [1.807, 2.05) is 56.6 Å². The molecule has 4 rings (SSSR count). The number of hydrogen-bond acceptors (Lipinski definition) is 5. The number of amides is 1. The van der Waals surface area contributed by atoms with Crippen molar-refractivity contribution in [2.75, 3.05) is 24.7 Å². The number of halogens is 1. The average molecular weight is 416 g/mol. The van der Waals surface area contributed by atoms with E-state index in [1.165, 1.54) is 6.07 Å². The number of H-pyrrole nitrogens is 1. The zero-order chi connectivity index (χ0) is 22.0. The van der Waals surface area contributed by atoms with Crippen LogP contribution in [0, 0.1) is 5.82 Å². The Balaban J connectivity index is 1.86. The van der Waals surface area contributed by atoms with Crippen molar-refractivity contribution in [2.45, 2.75) is 0 Å². The molecule has 0 bridgehead atoms. The number of nitrogens with one attached hydrogen (secondary N) is 3. The quantitative estimate of drug-likeness (QED) is 0.378. The molecular weight excluding hydrogens is 395 g/mol. The van der Waals surface area contributed by atoms with Crippen LogP contribution in [0.3, 0.4) is 0 Å². The molecule has 0 radical (unpaired) electrons. The summed E-state index contributed by atoms with van der Waals surface area (Å²) in [5.41, 5.74) is 10.6. The second kappa shape index (κ2) is 8.27. The Kier molecular flexibility index (Phi) is 5.36. The summed E-state index contributed by atoms with van der Waals surface area (Å²) in [5.74, 6) is -0.872. The van der Waals surface area contributed by atoms with E-state index >= 15 is 0 Å². The first-order valence-corrected chi connectivity index (χ1v) is 9.62. The minimum atomic E-state index is -0.712. The lowest BCUT2D eigenvalue weighted by atomic mass is 9.92. The van der Waals surface area contributed by atoms with Gasteiger partial charge in [0.25, 0.3) is 5.91 Å². The molecule has 4 aromatic rings. The van der Waals surface area contributed by atoms with Crippen molar-refractivity contribution in [3.63, 3.8) is 0 Å². The van der Waals surface area contributed by atoms with Crippen molar-refractivity contribution in [3.8, 4) is 33.6 Å². The third kappa shape index (κ3) is 3.95. The molecular formula is C23H21FN6O. The van der Waals surface area contributed by atoms with Gasteiger partial charge >= 0.3 is 0 Å². The van der Waals surface area contributed by atoms with Crippen molar-refractivity contribution in [1.29, 1.82) is 0 Å². The zero-order valence-corrected chi connectivity index (χ0v) is 17.0. The lowest BCUT2D eigenvalue weighted by Crippen LogP contribution is -2.12. The summed E-state index contributed by atoms with van der Waals surface area (Å²) in [6.45, 7) is 0. The minimum Gasteiger partial charge on any atom is -0.388 e.